The van der Waals surface area contributed by atoms with Crippen LogP contribution in [-0.4, -0.2) is 18.6 Å². The van der Waals surface area contributed by atoms with E-state index in [0.717, 1.165) is 27.5 Å². The van der Waals surface area contributed by atoms with Gasteiger partial charge in [-0.05, 0) is 47.5 Å². The second-order valence-electron chi connectivity index (χ2n) is 3.98. The minimum atomic E-state index is -0.438. The molecule has 1 atom stereocenters. The van der Waals surface area contributed by atoms with E-state index in [4.69, 9.17) is 4.74 Å². The van der Waals surface area contributed by atoms with Crippen molar-refractivity contribution in [3.8, 4) is 0 Å². The summed E-state index contributed by atoms with van der Waals surface area (Å²) < 4.78 is 7.24. The first-order valence-electron chi connectivity index (χ1n) is 5.92. The lowest BCUT2D eigenvalue weighted by atomic mass is 10.3. The second-order valence-corrected chi connectivity index (χ2v) is 5.75. The van der Waals surface area contributed by atoms with E-state index in [1.54, 1.807) is 6.92 Å². The predicted molar refractivity (Wildman–Crippen MR) is 80.8 cm³/mol. The molecule has 1 aromatic carbocycles. The van der Waals surface area contributed by atoms with Crippen molar-refractivity contribution < 1.29 is 9.53 Å². The van der Waals surface area contributed by atoms with Gasteiger partial charge in [0.1, 0.15) is 6.10 Å². The molecule has 0 aromatic heterocycles. The lowest BCUT2D eigenvalue weighted by molar-refractivity contribution is -0.126. The molecule has 0 aliphatic rings. The number of nitrogens with one attached hydrogen (secondary N) is 1. The summed E-state index contributed by atoms with van der Waals surface area (Å²) in [6.45, 7) is 4.47. The molecule has 1 aromatic rings. The van der Waals surface area contributed by atoms with E-state index in [1.165, 1.54) is 0 Å². The fourth-order valence-electron chi connectivity index (χ4n) is 1.31. The summed E-state index contributed by atoms with van der Waals surface area (Å²) in [6, 6.07) is 5.60. The molecule has 0 saturated heterocycles. The molecule has 0 aliphatic carbocycles. The van der Waals surface area contributed by atoms with E-state index in [-0.39, 0.29) is 5.91 Å². The Balaban J connectivity index is 2.53. The van der Waals surface area contributed by atoms with Crippen LogP contribution in [0.1, 0.15) is 26.7 Å². The summed E-state index contributed by atoms with van der Waals surface area (Å²) in [4.78, 5) is 11.9. The Morgan fingerprint density at radius 1 is 1.44 bits per heavy atom. The quantitative estimate of drug-likeness (QED) is 0.747. The average Bonchev–Trinajstić information content (AvgIpc) is 2.32. The molecular formula is C13H17Br2NO2. The first-order chi connectivity index (χ1) is 8.54. The van der Waals surface area contributed by atoms with E-state index in [2.05, 4.69) is 44.1 Å². The molecule has 100 valence electrons. The Bertz CT molecular complexity index is 410. The van der Waals surface area contributed by atoms with Crippen LogP contribution in [0, 0.1) is 0 Å². The van der Waals surface area contributed by atoms with Gasteiger partial charge in [-0.2, -0.15) is 0 Å². The fraction of sp³-hybridized carbons (Fsp3) is 0.462. The van der Waals surface area contributed by atoms with Crippen molar-refractivity contribution in [2.24, 2.45) is 0 Å². The predicted octanol–water partition coefficient (Wildman–Crippen LogP) is 4.36. The van der Waals surface area contributed by atoms with Crippen LogP contribution in [0.25, 0.3) is 0 Å². The highest BCUT2D eigenvalue weighted by molar-refractivity contribution is 9.11. The SMILES string of the molecule is CCCCOC(C)C(=O)Nc1ccc(Br)cc1Br. The number of benzene rings is 1. The molecule has 0 saturated carbocycles. The smallest absolute Gasteiger partial charge is 0.253 e. The van der Waals surface area contributed by atoms with Crippen molar-refractivity contribution in [1.82, 2.24) is 0 Å². The Labute approximate surface area is 125 Å². The Morgan fingerprint density at radius 2 is 2.17 bits per heavy atom. The van der Waals surface area contributed by atoms with Crippen molar-refractivity contribution in [3.63, 3.8) is 0 Å². The molecular weight excluding hydrogens is 362 g/mol. The van der Waals surface area contributed by atoms with Crippen molar-refractivity contribution in [2.75, 3.05) is 11.9 Å². The number of amides is 1. The number of anilines is 1. The summed E-state index contributed by atoms with van der Waals surface area (Å²) in [5.41, 5.74) is 0.745. The molecule has 1 unspecified atom stereocenters. The average molecular weight is 379 g/mol. The fourth-order valence-corrected chi connectivity index (χ4v) is 2.45. The standard InChI is InChI=1S/C13H17Br2NO2/c1-3-4-7-18-9(2)13(17)16-12-6-5-10(14)8-11(12)15/h5-6,8-9H,3-4,7H2,1-2H3,(H,16,17). The van der Waals surface area contributed by atoms with Crippen LogP contribution in [0.5, 0.6) is 0 Å². The Kier molecular flexibility index (Phi) is 6.89. The third kappa shape index (κ3) is 5.08. The molecule has 0 radical (unpaired) electrons. The second kappa shape index (κ2) is 7.92. The molecule has 0 heterocycles. The van der Waals surface area contributed by atoms with E-state index >= 15 is 0 Å². The zero-order valence-electron chi connectivity index (χ0n) is 10.5. The number of carbonyl (C=O) groups excluding carboxylic acids is 1. The summed E-state index contributed by atoms with van der Waals surface area (Å²) in [6.07, 6.45) is 1.60. The summed E-state index contributed by atoms with van der Waals surface area (Å²) in [7, 11) is 0. The Morgan fingerprint density at radius 3 is 2.78 bits per heavy atom. The highest BCUT2D eigenvalue weighted by Crippen LogP contribution is 2.26. The zero-order chi connectivity index (χ0) is 13.5. The first kappa shape index (κ1) is 15.7. The topological polar surface area (TPSA) is 38.3 Å². The maximum atomic E-state index is 11.9. The molecule has 0 fully saturated rings. The minimum absolute atomic E-state index is 0.130. The van der Waals surface area contributed by atoms with E-state index in [0.29, 0.717) is 6.61 Å². The van der Waals surface area contributed by atoms with Crippen LogP contribution < -0.4 is 5.32 Å². The highest BCUT2D eigenvalue weighted by Gasteiger charge is 2.14. The zero-order valence-corrected chi connectivity index (χ0v) is 13.7. The van der Waals surface area contributed by atoms with Crippen LogP contribution in [-0.2, 0) is 9.53 Å². The lowest BCUT2D eigenvalue weighted by Crippen LogP contribution is -2.28. The van der Waals surface area contributed by atoms with Crippen LogP contribution in [0.2, 0.25) is 0 Å². The van der Waals surface area contributed by atoms with E-state index < -0.39 is 6.10 Å². The molecule has 3 nitrogen and oxygen atoms in total. The third-order valence-electron chi connectivity index (χ3n) is 2.42. The van der Waals surface area contributed by atoms with Gasteiger partial charge < -0.3 is 10.1 Å². The molecule has 1 rings (SSSR count). The minimum Gasteiger partial charge on any atom is -0.369 e. The van der Waals surface area contributed by atoms with Crippen molar-refractivity contribution in [1.29, 1.82) is 0 Å². The lowest BCUT2D eigenvalue weighted by Gasteiger charge is -2.14. The molecule has 18 heavy (non-hydrogen) atoms. The van der Waals surface area contributed by atoms with Gasteiger partial charge in [0.2, 0.25) is 0 Å². The molecule has 5 heteroatoms. The molecule has 0 bridgehead atoms. The van der Waals surface area contributed by atoms with E-state index in [9.17, 15) is 4.79 Å². The number of ether oxygens (including phenoxy) is 1. The van der Waals surface area contributed by atoms with Gasteiger partial charge in [0.05, 0.1) is 5.69 Å². The molecule has 1 N–H and O–H groups in total. The maximum Gasteiger partial charge on any atom is 0.253 e. The number of hydrogen-bond acceptors (Lipinski definition) is 2. The largest absolute Gasteiger partial charge is 0.369 e. The number of hydrogen-bond donors (Lipinski definition) is 1. The van der Waals surface area contributed by atoms with Gasteiger partial charge in [-0.15, -0.1) is 0 Å². The number of rotatable bonds is 6. The third-order valence-corrected chi connectivity index (χ3v) is 3.57. The van der Waals surface area contributed by atoms with Crippen LogP contribution in [0.3, 0.4) is 0 Å². The van der Waals surface area contributed by atoms with Gasteiger partial charge in [0.15, 0.2) is 0 Å². The molecule has 0 aliphatic heterocycles. The number of halogens is 2. The summed E-state index contributed by atoms with van der Waals surface area (Å²) >= 11 is 6.77. The van der Waals surface area contributed by atoms with Crippen molar-refractivity contribution in [3.05, 3.63) is 27.1 Å². The van der Waals surface area contributed by atoms with Gasteiger partial charge in [-0.25, -0.2) is 0 Å². The van der Waals surface area contributed by atoms with Gasteiger partial charge in [-0.3, -0.25) is 4.79 Å². The van der Waals surface area contributed by atoms with Crippen LogP contribution >= 0.6 is 31.9 Å². The van der Waals surface area contributed by atoms with E-state index in [1.807, 2.05) is 18.2 Å². The Hall–Kier alpha value is -0.390. The highest BCUT2D eigenvalue weighted by atomic mass is 79.9. The number of carbonyl (C=O) groups is 1. The normalized spacial score (nSPS) is 12.2. The van der Waals surface area contributed by atoms with Gasteiger partial charge in [-0.1, -0.05) is 29.3 Å². The van der Waals surface area contributed by atoms with Gasteiger partial charge >= 0.3 is 0 Å². The summed E-state index contributed by atoms with van der Waals surface area (Å²) in [5, 5.41) is 2.83. The van der Waals surface area contributed by atoms with Crippen molar-refractivity contribution in [2.45, 2.75) is 32.8 Å². The molecule has 1 amide bonds. The maximum absolute atomic E-state index is 11.9. The van der Waals surface area contributed by atoms with Crippen LogP contribution in [0.4, 0.5) is 5.69 Å². The number of unbranched alkanes of at least 4 members (excludes halogenated alkanes) is 1. The van der Waals surface area contributed by atoms with Gasteiger partial charge in [0.25, 0.3) is 5.91 Å². The van der Waals surface area contributed by atoms with Gasteiger partial charge in [0, 0.05) is 15.6 Å². The monoisotopic (exact) mass is 377 g/mol. The van der Waals surface area contributed by atoms with Crippen molar-refractivity contribution >= 4 is 43.5 Å². The summed E-state index contributed by atoms with van der Waals surface area (Å²) in [5.74, 6) is -0.130. The molecule has 0 spiro atoms. The first-order valence-corrected chi connectivity index (χ1v) is 7.50. The van der Waals surface area contributed by atoms with Crippen LogP contribution in [0.15, 0.2) is 27.1 Å².